The maximum Gasteiger partial charge on any atom is 0.419 e. The summed E-state index contributed by atoms with van der Waals surface area (Å²) in [6.45, 7) is 1.54. The Morgan fingerprint density at radius 1 is 1.18 bits per heavy atom. The summed E-state index contributed by atoms with van der Waals surface area (Å²) in [5, 5.41) is 24.8. The molecule has 1 aromatic carbocycles. The highest BCUT2D eigenvalue weighted by molar-refractivity contribution is 5.77. The number of halogens is 3. The van der Waals surface area contributed by atoms with E-state index >= 15 is 0 Å². The van der Waals surface area contributed by atoms with E-state index in [-0.39, 0.29) is 40.9 Å². The molecule has 0 unspecified atom stereocenters. The smallest absolute Gasteiger partial charge is 0.419 e. The summed E-state index contributed by atoms with van der Waals surface area (Å²) in [5.41, 5.74) is 7.29. The first-order chi connectivity index (χ1) is 18.8. The number of pyridine rings is 2. The molecule has 39 heavy (non-hydrogen) atoms. The van der Waals surface area contributed by atoms with Gasteiger partial charge in [0.15, 0.2) is 5.69 Å². The molecular weight excluding hydrogens is 509 g/mol. The van der Waals surface area contributed by atoms with Gasteiger partial charge in [-0.05, 0) is 61.6 Å². The van der Waals surface area contributed by atoms with Gasteiger partial charge in [0, 0.05) is 31.9 Å². The summed E-state index contributed by atoms with van der Waals surface area (Å²) in [4.78, 5) is 10.5. The van der Waals surface area contributed by atoms with E-state index in [4.69, 9.17) is 10.3 Å². The first-order valence-corrected chi connectivity index (χ1v) is 12.2. The van der Waals surface area contributed by atoms with Gasteiger partial charge in [0.2, 0.25) is 0 Å². The molecule has 9 nitrogen and oxygen atoms in total. The lowest BCUT2D eigenvalue weighted by molar-refractivity contribution is -0.138. The molecule has 12 heteroatoms. The van der Waals surface area contributed by atoms with Crippen LogP contribution in [0.25, 0.3) is 11.3 Å². The molecule has 0 atom stereocenters. The Labute approximate surface area is 223 Å². The molecule has 3 aromatic rings. The second kappa shape index (κ2) is 11.8. The fraction of sp³-hybridized carbons (Fsp3) is 0.333. The van der Waals surface area contributed by atoms with Gasteiger partial charge in [0.1, 0.15) is 29.4 Å². The zero-order valence-electron chi connectivity index (χ0n) is 21.1. The van der Waals surface area contributed by atoms with Crippen LogP contribution in [-0.4, -0.2) is 36.7 Å². The predicted molar refractivity (Wildman–Crippen MR) is 138 cm³/mol. The van der Waals surface area contributed by atoms with Gasteiger partial charge in [0.25, 0.3) is 0 Å². The van der Waals surface area contributed by atoms with Crippen LogP contribution >= 0.6 is 0 Å². The van der Waals surface area contributed by atoms with Gasteiger partial charge in [0.05, 0.1) is 29.1 Å². The molecule has 1 aliphatic rings. The Kier molecular flexibility index (Phi) is 8.25. The molecule has 0 aliphatic carbocycles. The zero-order valence-corrected chi connectivity index (χ0v) is 21.1. The van der Waals surface area contributed by atoms with E-state index in [1.54, 1.807) is 25.4 Å². The van der Waals surface area contributed by atoms with Crippen molar-refractivity contribution < 1.29 is 17.9 Å². The average molecular weight is 535 g/mol. The number of ether oxygens (including phenoxy) is 1. The highest BCUT2D eigenvalue weighted by Crippen LogP contribution is 2.40. The van der Waals surface area contributed by atoms with Gasteiger partial charge < -0.3 is 15.0 Å². The lowest BCUT2D eigenvalue weighted by atomic mass is 9.93. The molecule has 1 fully saturated rings. The average Bonchev–Trinajstić information content (AvgIpc) is 2.96. The number of anilines is 2. The van der Waals surface area contributed by atoms with Gasteiger partial charge in [-0.3, -0.25) is 0 Å². The van der Waals surface area contributed by atoms with E-state index in [0.29, 0.717) is 36.6 Å². The monoisotopic (exact) mass is 534 g/mol. The van der Waals surface area contributed by atoms with Crippen molar-refractivity contribution in [2.75, 3.05) is 37.0 Å². The van der Waals surface area contributed by atoms with Crippen LogP contribution in [0.15, 0.2) is 47.7 Å². The third kappa shape index (κ3) is 6.07. The van der Waals surface area contributed by atoms with E-state index in [2.05, 4.69) is 31.4 Å². The Bertz CT molecular complexity index is 1440. The van der Waals surface area contributed by atoms with Gasteiger partial charge in [-0.25, -0.2) is 15.5 Å². The standard InChI is InChI=1S/C27H25F3N8O/c1-34-22-14-21(36-23(16-32)25(22)37-33)18-4-5-24(20(13-18)27(28,29)30)39-12-8-17-6-10-38(11-7-17)26-19(15-31)3-2-9-35-26/h2-5,9,13-14,17,33H,6-8,10-12H2,1H3,(H,34,36). The van der Waals surface area contributed by atoms with Gasteiger partial charge in [-0.2, -0.15) is 28.8 Å². The maximum absolute atomic E-state index is 14.0. The lowest BCUT2D eigenvalue weighted by Gasteiger charge is -2.33. The van der Waals surface area contributed by atoms with E-state index in [1.807, 2.05) is 6.07 Å². The summed E-state index contributed by atoms with van der Waals surface area (Å²) in [6, 6.07) is 12.6. The van der Waals surface area contributed by atoms with Gasteiger partial charge in [-0.1, -0.05) is 0 Å². The Balaban J connectivity index is 1.45. The van der Waals surface area contributed by atoms with E-state index < -0.39 is 11.7 Å². The molecule has 0 bridgehead atoms. The van der Waals surface area contributed by atoms with E-state index in [9.17, 15) is 23.7 Å². The summed E-state index contributed by atoms with van der Waals surface area (Å²) in [6.07, 6.45) is -0.788. The molecule has 3 heterocycles. The van der Waals surface area contributed by atoms with E-state index in [0.717, 1.165) is 18.9 Å². The number of hydrogen-bond acceptors (Lipinski definition) is 9. The zero-order chi connectivity index (χ0) is 28.0. The summed E-state index contributed by atoms with van der Waals surface area (Å²) >= 11 is 0. The third-order valence-corrected chi connectivity index (χ3v) is 6.67. The fourth-order valence-corrected chi connectivity index (χ4v) is 4.61. The van der Waals surface area contributed by atoms with Crippen molar-refractivity contribution in [1.29, 1.82) is 16.1 Å². The van der Waals surface area contributed by atoms with Crippen LogP contribution in [0.2, 0.25) is 0 Å². The minimum absolute atomic E-state index is 0.0103. The molecule has 2 aromatic heterocycles. The van der Waals surface area contributed by atoms with Crippen LogP contribution in [0.5, 0.6) is 5.75 Å². The van der Waals surface area contributed by atoms with Crippen LogP contribution in [-0.2, 0) is 6.18 Å². The molecule has 1 aliphatic heterocycles. The van der Waals surface area contributed by atoms with Gasteiger partial charge >= 0.3 is 6.18 Å². The number of nitriles is 2. The number of benzene rings is 1. The molecule has 2 N–H and O–H groups in total. The molecular formula is C27H25F3N8O. The second-order valence-electron chi connectivity index (χ2n) is 8.99. The van der Waals surface area contributed by atoms with Crippen molar-refractivity contribution in [3.63, 3.8) is 0 Å². The van der Waals surface area contributed by atoms with Crippen LogP contribution < -0.4 is 15.0 Å². The Hall–Kier alpha value is -4.71. The normalized spacial score (nSPS) is 13.8. The van der Waals surface area contributed by atoms with Crippen molar-refractivity contribution in [3.05, 3.63) is 59.4 Å². The SMILES string of the molecule is CNc1cc(-c2ccc(OCCC3CCN(c4ncccc4C#N)CC3)c(C(F)(F)F)c2)nc(C#N)c1N=N. The fourth-order valence-electron chi connectivity index (χ4n) is 4.61. The van der Waals surface area contributed by atoms with Crippen molar-refractivity contribution in [1.82, 2.24) is 9.97 Å². The highest BCUT2D eigenvalue weighted by Gasteiger charge is 2.35. The number of nitrogens with one attached hydrogen (secondary N) is 2. The molecule has 0 radical (unpaired) electrons. The quantitative estimate of drug-likeness (QED) is 0.324. The summed E-state index contributed by atoms with van der Waals surface area (Å²) in [7, 11) is 1.55. The first-order valence-electron chi connectivity index (χ1n) is 12.2. The number of hydrogen-bond donors (Lipinski definition) is 2. The third-order valence-electron chi connectivity index (χ3n) is 6.67. The number of rotatable bonds is 8. The van der Waals surface area contributed by atoms with E-state index in [1.165, 1.54) is 18.2 Å². The van der Waals surface area contributed by atoms with Crippen molar-refractivity contribution in [2.24, 2.45) is 11.0 Å². The Morgan fingerprint density at radius 3 is 2.59 bits per heavy atom. The van der Waals surface area contributed by atoms with Crippen LogP contribution in [0.1, 0.15) is 36.1 Å². The molecule has 1 saturated heterocycles. The second-order valence-corrected chi connectivity index (χ2v) is 8.99. The Morgan fingerprint density at radius 2 is 1.95 bits per heavy atom. The van der Waals surface area contributed by atoms with Crippen LogP contribution in [0.4, 0.5) is 30.4 Å². The predicted octanol–water partition coefficient (Wildman–Crippen LogP) is 6.30. The first kappa shape index (κ1) is 27.3. The van der Waals surface area contributed by atoms with Gasteiger partial charge in [-0.15, -0.1) is 0 Å². The molecule has 0 saturated carbocycles. The minimum Gasteiger partial charge on any atom is -0.493 e. The summed E-state index contributed by atoms with van der Waals surface area (Å²) < 4.78 is 47.5. The van der Waals surface area contributed by atoms with Crippen LogP contribution in [0, 0.1) is 34.1 Å². The highest BCUT2D eigenvalue weighted by atomic mass is 19.4. The van der Waals surface area contributed by atoms with Crippen molar-refractivity contribution in [2.45, 2.75) is 25.4 Å². The van der Waals surface area contributed by atoms with Crippen molar-refractivity contribution >= 4 is 17.2 Å². The molecule has 0 spiro atoms. The number of piperidine rings is 1. The number of aromatic nitrogens is 2. The molecule has 0 amide bonds. The minimum atomic E-state index is -4.67. The van der Waals surface area contributed by atoms with Crippen LogP contribution in [0.3, 0.4) is 0 Å². The molecule has 200 valence electrons. The lowest BCUT2D eigenvalue weighted by Crippen LogP contribution is -2.35. The topological polar surface area (TPSA) is 134 Å². The number of nitrogens with zero attached hydrogens (tertiary/aromatic N) is 6. The summed E-state index contributed by atoms with van der Waals surface area (Å²) in [5.74, 6) is 0.660. The maximum atomic E-state index is 14.0. The largest absolute Gasteiger partial charge is 0.493 e. The molecule has 4 rings (SSSR count). The van der Waals surface area contributed by atoms with Crippen molar-refractivity contribution in [3.8, 4) is 29.1 Å². The number of alkyl halides is 3.